The number of carbonyl (C=O) groups is 1. The van der Waals surface area contributed by atoms with Gasteiger partial charge in [-0.15, -0.1) is 21.5 Å². The van der Waals surface area contributed by atoms with Gasteiger partial charge in [-0.05, 0) is 38.8 Å². The Morgan fingerprint density at radius 3 is 2.73 bits per heavy atom. The first-order valence-electron chi connectivity index (χ1n) is 7.54. The number of likely N-dealkylation sites (tertiary alicyclic amines) is 1. The molecule has 6 heteroatoms. The molecule has 0 radical (unpaired) electrons. The van der Waals surface area contributed by atoms with Crippen LogP contribution in [0.3, 0.4) is 0 Å². The Morgan fingerprint density at radius 1 is 1.27 bits per heavy atom. The molecule has 0 aliphatic carbocycles. The van der Waals surface area contributed by atoms with Gasteiger partial charge in [-0.1, -0.05) is 17.7 Å². The number of amides is 2. The number of piperidine rings is 1. The molecule has 1 aromatic heterocycles. The Kier molecular flexibility index (Phi) is 4.38. The van der Waals surface area contributed by atoms with Crippen LogP contribution in [0.25, 0.3) is 0 Å². The number of hydrogen-bond donors (Lipinski definition) is 1. The minimum Gasteiger partial charge on any atom is -0.324 e. The molecule has 2 heterocycles. The van der Waals surface area contributed by atoms with Crippen molar-refractivity contribution in [1.82, 2.24) is 15.1 Å². The van der Waals surface area contributed by atoms with Crippen molar-refractivity contribution in [3.8, 4) is 0 Å². The van der Waals surface area contributed by atoms with E-state index in [1.807, 2.05) is 43.0 Å². The van der Waals surface area contributed by atoms with Gasteiger partial charge in [0.15, 0.2) is 0 Å². The van der Waals surface area contributed by atoms with Crippen LogP contribution in [-0.2, 0) is 0 Å². The molecule has 0 bridgehead atoms. The number of urea groups is 1. The molecule has 1 aliphatic rings. The lowest BCUT2D eigenvalue weighted by molar-refractivity contribution is 0.192. The summed E-state index contributed by atoms with van der Waals surface area (Å²) in [6, 6.07) is 7.83. The van der Waals surface area contributed by atoms with Gasteiger partial charge in [0.1, 0.15) is 10.0 Å². The second kappa shape index (κ2) is 6.44. The van der Waals surface area contributed by atoms with E-state index in [2.05, 4.69) is 15.5 Å². The third kappa shape index (κ3) is 3.44. The normalized spacial score (nSPS) is 18.3. The van der Waals surface area contributed by atoms with Crippen molar-refractivity contribution in [1.29, 1.82) is 0 Å². The van der Waals surface area contributed by atoms with Crippen LogP contribution >= 0.6 is 11.3 Å². The Bertz CT molecular complexity index is 652. The number of nitrogens with one attached hydrogen (secondary N) is 1. The lowest BCUT2D eigenvalue weighted by Gasteiger charge is -2.31. The molecule has 0 spiro atoms. The monoisotopic (exact) mass is 316 g/mol. The maximum Gasteiger partial charge on any atom is 0.321 e. The molecule has 1 atom stereocenters. The van der Waals surface area contributed by atoms with E-state index >= 15 is 0 Å². The van der Waals surface area contributed by atoms with Gasteiger partial charge in [0.05, 0.1) is 0 Å². The van der Waals surface area contributed by atoms with Gasteiger partial charge in [0.2, 0.25) is 0 Å². The van der Waals surface area contributed by atoms with Gasteiger partial charge in [0.25, 0.3) is 0 Å². The van der Waals surface area contributed by atoms with E-state index in [0.717, 1.165) is 35.1 Å². The highest BCUT2D eigenvalue weighted by atomic mass is 32.1. The molecule has 1 unspecified atom stereocenters. The van der Waals surface area contributed by atoms with Crippen LogP contribution in [0.15, 0.2) is 24.3 Å². The van der Waals surface area contributed by atoms with Crippen LogP contribution in [0.5, 0.6) is 0 Å². The number of rotatable bonds is 2. The van der Waals surface area contributed by atoms with Gasteiger partial charge in [-0.2, -0.15) is 0 Å². The molecule has 1 fully saturated rings. The highest BCUT2D eigenvalue weighted by Gasteiger charge is 2.27. The minimum absolute atomic E-state index is 0.0326. The molecule has 116 valence electrons. The van der Waals surface area contributed by atoms with Crippen LogP contribution in [0.4, 0.5) is 10.5 Å². The molecule has 2 aromatic rings. The van der Waals surface area contributed by atoms with E-state index < -0.39 is 0 Å². The fourth-order valence-electron chi connectivity index (χ4n) is 2.68. The van der Waals surface area contributed by atoms with Crippen LogP contribution < -0.4 is 5.32 Å². The molecule has 22 heavy (non-hydrogen) atoms. The Balaban J connectivity index is 1.63. The molecule has 3 rings (SSSR count). The summed E-state index contributed by atoms with van der Waals surface area (Å²) >= 11 is 1.63. The first-order chi connectivity index (χ1) is 10.6. The zero-order valence-corrected chi connectivity index (χ0v) is 13.7. The second-order valence-electron chi connectivity index (χ2n) is 5.74. The van der Waals surface area contributed by atoms with E-state index in [0.29, 0.717) is 12.5 Å². The van der Waals surface area contributed by atoms with Crippen molar-refractivity contribution in [3.63, 3.8) is 0 Å². The van der Waals surface area contributed by atoms with Crippen LogP contribution in [-0.4, -0.2) is 34.2 Å². The predicted molar refractivity (Wildman–Crippen MR) is 88.4 cm³/mol. The van der Waals surface area contributed by atoms with Crippen molar-refractivity contribution >= 4 is 23.1 Å². The third-order valence-corrected chi connectivity index (χ3v) is 4.90. The quantitative estimate of drug-likeness (QED) is 0.921. The lowest BCUT2D eigenvalue weighted by atomic mass is 9.99. The molecule has 1 aliphatic heterocycles. The number of carbonyl (C=O) groups excluding carboxylic acids is 1. The van der Waals surface area contributed by atoms with Gasteiger partial charge in [0, 0.05) is 24.7 Å². The van der Waals surface area contributed by atoms with E-state index in [9.17, 15) is 4.79 Å². The number of nitrogens with zero attached hydrogens (tertiary/aromatic N) is 3. The van der Waals surface area contributed by atoms with Gasteiger partial charge < -0.3 is 10.2 Å². The summed E-state index contributed by atoms with van der Waals surface area (Å²) in [4.78, 5) is 14.3. The van der Waals surface area contributed by atoms with Gasteiger partial charge in [-0.25, -0.2) is 4.79 Å². The molecule has 1 aromatic carbocycles. The highest BCUT2D eigenvalue weighted by Crippen LogP contribution is 2.29. The van der Waals surface area contributed by atoms with Crippen molar-refractivity contribution in [2.45, 2.75) is 32.6 Å². The third-order valence-electron chi connectivity index (χ3n) is 3.90. The van der Waals surface area contributed by atoms with Crippen molar-refractivity contribution in [3.05, 3.63) is 39.8 Å². The molecular formula is C16H20N4OS. The molecule has 2 amide bonds. The zero-order valence-electron chi connectivity index (χ0n) is 12.9. The van der Waals surface area contributed by atoms with E-state index in [-0.39, 0.29) is 6.03 Å². The molecular weight excluding hydrogens is 296 g/mol. The van der Waals surface area contributed by atoms with Crippen LogP contribution in [0, 0.1) is 13.8 Å². The summed E-state index contributed by atoms with van der Waals surface area (Å²) in [7, 11) is 0. The summed E-state index contributed by atoms with van der Waals surface area (Å²) in [5.41, 5.74) is 2.02. The van der Waals surface area contributed by atoms with E-state index in [1.54, 1.807) is 11.3 Å². The standard InChI is InChI=1S/C16H20N4OS/c1-11-5-7-14(8-6-11)17-16(21)20-9-3-4-13(10-20)15-19-18-12(2)22-15/h5-8,13H,3-4,9-10H2,1-2H3,(H,17,21). The first kappa shape index (κ1) is 15.0. The summed E-state index contributed by atoms with van der Waals surface area (Å²) in [6.45, 7) is 5.51. The summed E-state index contributed by atoms with van der Waals surface area (Å²) in [5, 5.41) is 13.3. The van der Waals surface area contributed by atoms with Crippen LogP contribution in [0.1, 0.15) is 34.3 Å². The highest BCUT2D eigenvalue weighted by molar-refractivity contribution is 7.11. The topological polar surface area (TPSA) is 58.1 Å². The summed E-state index contributed by atoms with van der Waals surface area (Å²) in [5.74, 6) is 0.309. The van der Waals surface area contributed by atoms with Gasteiger partial charge in [-0.3, -0.25) is 0 Å². The minimum atomic E-state index is -0.0326. The van der Waals surface area contributed by atoms with Crippen molar-refractivity contribution < 1.29 is 4.79 Å². The zero-order chi connectivity index (χ0) is 15.5. The van der Waals surface area contributed by atoms with E-state index in [4.69, 9.17) is 0 Å². The Labute approximate surface area is 134 Å². The molecule has 1 N–H and O–H groups in total. The van der Waals surface area contributed by atoms with Crippen LogP contribution in [0.2, 0.25) is 0 Å². The Hall–Kier alpha value is -1.95. The second-order valence-corrected chi connectivity index (χ2v) is 6.95. The summed E-state index contributed by atoms with van der Waals surface area (Å²) in [6.07, 6.45) is 2.08. The smallest absolute Gasteiger partial charge is 0.321 e. The molecule has 1 saturated heterocycles. The largest absolute Gasteiger partial charge is 0.324 e. The van der Waals surface area contributed by atoms with Gasteiger partial charge >= 0.3 is 6.03 Å². The fraction of sp³-hybridized carbons (Fsp3) is 0.438. The van der Waals surface area contributed by atoms with Crippen molar-refractivity contribution in [2.24, 2.45) is 0 Å². The first-order valence-corrected chi connectivity index (χ1v) is 8.36. The maximum atomic E-state index is 12.4. The predicted octanol–water partition coefficient (Wildman–Crippen LogP) is 3.57. The number of aryl methyl sites for hydroxylation is 2. The average Bonchev–Trinajstić information content (AvgIpc) is 2.96. The Morgan fingerprint density at radius 2 is 2.05 bits per heavy atom. The number of anilines is 1. The SMILES string of the molecule is Cc1ccc(NC(=O)N2CCCC(c3nnc(C)s3)C2)cc1. The lowest BCUT2D eigenvalue weighted by Crippen LogP contribution is -2.41. The molecule has 0 saturated carbocycles. The number of aromatic nitrogens is 2. The summed E-state index contributed by atoms with van der Waals surface area (Å²) < 4.78 is 0. The van der Waals surface area contributed by atoms with E-state index in [1.165, 1.54) is 5.56 Å². The fourth-order valence-corrected chi connectivity index (χ4v) is 3.50. The van der Waals surface area contributed by atoms with Crippen molar-refractivity contribution in [2.75, 3.05) is 18.4 Å². The average molecular weight is 316 g/mol. The molecule has 5 nitrogen and oxygen atoms in total. The number of hydrogen-bond acceptors (Lipinski definition) is 4. The maximum absolute atomic E-state index is 12.4. The number of benzene rings is 1.